The Hall–Kier alpha value is -0.870. The summed E-state index contributed by atoms with van der Waals surface area (Å²) in [5, 5.41) is 9.44. The number of hydrogen-bond donors (Lipinski definition) is 1. The Morgan fingerprint density at radius 2 is 1.18 bits per heavy atom. The van der Waals surface area contributed by atoms with Crippen LogP contribution in [0.15, 0.2) is 12.2 Å². The lowest BCUT2D eigenvalue weighted by Crippen LogP contribution is -2.27. The van der Waals surface area contributed by atoms with Crippen LogP contribution in [0.2, 0.25) is 0 Å². The third kappa shape index (κ3) is 25.6. The third-order valence-electron chi connectivity index (χ3n) is 6.09. The molecule has 0 aromatic rings. The third-order valence-corrected chi connectivity index (χ3v) is 6.09. The van der Waals surface area contributed by atoms with Crippen molar-refractivity contribution in [1.82, 2.24) is 0 Å². The zero-order chi connectivity index (χ0) is 24.2. The number of aliphatic hydroxyl groups is 1. The molecule has 196 valence electrons. The second kappa shape index (κ2) is 27.4. The average molecular weight is 469 g/mol. The van der Waals surface area contributed by atoms with Crippen LogP contribution >= 0.6 is 0 Å². The molecular formula is C29H56O4. The van der Waals surface area contributed by atoms with E-state index in [1.807, 2.05) is 0 Å². The summed E-state index contributed by atoms with van der Waals surface area (Å²) < 4.78 is 11.0. The van der Waals surface area contributed by atoms with Gasteiger partial charge in [0.05, 0.1) is 13.2 Å². The summed E-state index contributed by atoms with van der Waals surface area (Å²) in [7, 11) is 0. The highest BCUT2D eigenvalue weighted by atomic mass is 16.6. The number of ether oxygens (including phenoxy) is 2. The van der Waals surface area contributed by atoms with Crippen molar-refractivity contribution in [2.75, 3.05) is 19.8 Å². The van der Waals surface area contributed by atoms with Gasteiger partial charge in [0.1, 0.15) is 6.10 Å². The summed E-state index contributed by atoms with van der Waals surface area (Å²) in [5.41, 5.74) is 0. The minimum atomic E-state index is -0.526. The molecule has 1 N–H and O–H groups in total. The van der Waals surface area contributed by atoms with Gasteiger partial charge in [0.15, 0.2) is 0 Å². The van der Waals surface area contributed by atoms with E-state index in [0.29, 0.717) is 19.6 Å². The second-order valence-electron chi connectivity index (χ2n) is 9.47. The maximum atomic E-state index is 12.0. The summed E-state index contributed by atoms with van der Waals surface area (Å²) in [5.74, 6) is -0.209. The SMILES string of the molecule is CCCCC/C=C\CCCCCCCCOCC(CO)OC(=O)CCCCCCCCCC. The molecule has 0 amide bonds. The average Bonchev–Trinajstić information content (AvgIpc) is 2.82. The number of esters is 1. The van der Waals surface area contributed by atoms with Crippen molar-refractivity contribution in [2.24, 2.45) is 0 Å². The molecule has 4 heteroatoms. The van der Waals surface area contributed by atoms with E-state index in [0.717, 1.165) is 19.3 Å². The summed E-state index contributed by atoms with van der Waals surface area (Å²) in [6.45, 7) is 5.28. The molecule has 0 saturated heterocycles. The van der Waals surface area contributed by atoms with Crippen LogP contribution in [0.3, 0.4) is 0 Å². The van der Waals surface area contributed by atoms with Gasteiger partial charge in [-0.3, -0.25) is 4.79 Å². The minimum Gasteiger partial charge on any atom is -0.457 e. The van der Waals surface area contributed by atoms with Crippen LogP contribution in [-0.4, -0.2) is 37.0 Å². The zero-order valence-electron chi connectivity index (χ0n) is 22.2. The molecule has 0 radical (unpaired) electrons. The first kappa shape index (κ1) is 32.1. The highest BCUT2D eigenvalue weighted by Gasteiger charge is 2.13. The Bertz CT molecular complexity index is 422. The first-order valence-corrected chi connectivity index (χ1v) is 14.3. The van der Waals surface area contributed by atoms with Gasteiger partial charge in [0.25, 0.3) is 0 Å². The van der Waals surface area contributed by atoms with Crippen molar-refractivity contribution in [3.8, 4) is 0 Å². The maximum absolute atomic E-state index is 12.0. The fraction of sp³-hybridized carbons (Fsp3) is 0.897. The van der Waals surface area contributed by atoms with E-state index in [9.17, 15) is 9.90 Å². The Balaban J connectivity index is 3.45. The lowest BCUT2D eigenvalue weighted by molar-refractivity contribution is -0.154. The Morgan fingerprint density at radius 1 is 0.697 bits per heavy atom. The summed E-state index contributed by atoms with van der Waals surface area (Å²) in [4.78, 5) is 12.0. The first-order chi connectivity index (χ1) is 16.2. The van der Waals surface area contributed by atoms with Crippen LogP contribution in [0.1, 0.15) is 142 Å². The number of carbonyl (C=O) groups is 1. The molecule has 0 fully saturated rings. The van der Waals surface area contributed by atoms with Gasteiger partial charge in [-0.2, -0.15) is 0 Å². The molecule has 0 aliphatic carbocycles. The van der Waals surface area contributed by atoms with Crippen molar-refractivity contribution in [1.29, 1.82) is 0 Å². The molecule has 4 nitrogen and oxygen atoms in total. The topological polar surface area (TPSA) is 55.8 Å². The second-order valence-corrected chi connectivity index (χ2v) is 9.47. The monoisotopic (exact) mass is 468 g/mol. The van der Waals surface area contributed by atoms with Crippen molar-refractivity contribution >= 4 is 5.97 Å². The summed E-state index contributed by atoms with van der Waals surface area (Å²) in [6.07, 6.45) is 28.0. The van der Waals surface area contributed by atoms with E-state index in [-0.39, 0.29) is 12.6 Å². The largest absolute Gasteiger partial charge is 0.457 e. The van der Waals surface area contributed by atoms with Crippen molar-refractivity contribution in [2.45, 2.75) is 148 Å². The number of carbonyl (C=O) groups excluding carboxylic acids is 1. The van der Waals surface area contributed by atoms with Gasteiger partial charge in [-0.25, -0.2) is 0 Å². The van der Waals surface area contributed by atoms with Crippen LogP contribution < -0.4 is 0 Å². The van der Waals surface area contributed by atoms with Gasteiger partial charge in [-0.15, -0.1) is 0 Å². The molecule has 0 aliphatic heterocycles. The van der Waals surface area contributed by atoms with Crippen molar-refractivity contribution in [3.05, 3.63) is 12.2 Å². The number of aliphatic hydroxyl groups excluding tert-OH is 1. The van der Waals surface area contributed by atoms with Gasteiger partial charge >= 0.3 is 5.97 Å². The molecule has 0 bridgehead atoms. The molecule has 33 heavy (non-hydrogen) atoms. The predicted octanol–water partition coefficient (Wildman–Crippen LogP) is 8.31. The Morgan fingerprint density at radius 3 is 1.79 bits per heavy atom. The van der Waals surface area contributed by atoms with E-state index >= 15 is 0 Å². The van der Waals surface area contributed by atoms with Crippen LogP contribution in [-0.2, 0) is 14.3 Å². The lowest BCUT2D eigenvalue weighted by atomic mass is 10.1. The molecule has 0 aromatic carbocycles. The van der Waals surface area contributed by atoms with Gasteiger partial charge in [-0.05, 0) is 38.5 Å². The quantitative estimate of drug-likeness (QED) is 0.0787. The lowest BCUT2D eigenvalue weighted by Gasteiger charge is -2.15. The van der Waals surface area contributed by atoms with E-state index in [4.69, 9.17) is 9.47 Å². The highest BCUT2D eigenvalue weighted by Crippen LogP contribution is 2.11. The summed E-state index contributed by atoms with van der Waals surface area (Å²) in [6, 6.07) is 0. The van der Waals surface area contributed by atoms with Crippen LogP contribution in [0.5, 0.6) is 0 Å². The molecule has 1 unspecified atom stereocenters. The number of allylic oxidation sites excluding steroid dienone is 2. The van der Waals surface area contributed by atoms with E-state index < -0.39 is 6.10 Å². The maximum Gasteiger partial charge on any atom is 0.306 e. The molecule has 0 saturated carbocycles. The molecular weight excluding hydrogens is 412 g/mol. The molecule has 1 atom stereocenters. The first-order valence-electron chi connectivity index (χ1n) is 14.3. The van der Waals surface area contributed by atoms with E-state index in [1.165, 1.54) is 103 Å². The predicted molar refractivity (Wildman–Crippen MR) is 141 cm³/mol. The van der Waals surface area contributed by atoms with Crippen LogP contribution in [0.25, 0.3) is 0 Å². The van der Waals surface area contributed by atoms with Gasteiger partial charge in [-0.1, -0.05) is 109 Å². The van der Waals surface area contributed by atoms with Crippen molar-refractivity contribution < 1.29 is 19.4 Å². The highest BCUT2D eigenvalue weighted by molar-refractivity contribution is 5.69. The zero-order valence-corrected chi connectivity index (χ0v) is 22.2. The minimum absolute atomic E-state index is 0.170. The van der Waals surface area contributed by atoms with Gasteiger partial charge in [0.2, 0.25) is 0 Å². The molecule has 0 spiro atoms. The number of unbranched alkanes of at least 4 members (excludes halogenated alkanes) is 16. The fourth-order valence-corrected chi connectivity index (χ4v) is 3.91. The Kier molecular flexibility index (Phi) is 26.7. The van der Waals surface area contributed by atoms with Crippen molar-refractivity contribution in [3.63, 3.8) is 0 Å². The van der Waals surface area contributed by atoms with Gasteiger partial charge < -0.3 is 14.6 Å². The summed E-state index contributed by atoms with van der Waals surface area (Å²) >= 11 is 0. The fourth-order valence-electron chi connectivity index (χ4n) is 3.91. The smallest absolute Gasteiger partial charge is 0.306 e. The Labute approximate surface area is 205 Å². The molecule has 0 heterocycles. The van der Waals surface area contributed by atoms with Gasteiger partial charge in [0, 0.05) is 13.0 Å². The van der Waals surface area contributed by atoms with Crippen LogP contribution in [0, 0.1) is 0 Å². The number of hydrogen-bond acceptors (Lipinski definition) is 4. The normalized spacial score (nSPS) is 12.5. The molecule has 0 aliphatic rings. The molecule has 0 aromatic heterocycles. The number of rotatable bonds is 26. The standard InChI is InChI=1S/C29H56O4/c1-3-5-7-9-11-13-14-15-16-17-19-21-23-25-32-27-28(26-30)33-29(31)24-22-20-18-12-10-8-6-4-2/h11,13,28,30H,3-10,12,14-27H2,1-2H3/b13-11-. The van der Waals surface area contributed by atoms with E-state index in [1.54, 1.807) is 0 Å². The van der Waals surface area contributed by atoms with Crippen LogP contribution in [0.4, 0.5) is 0 Å². The molecule has 0 rings (SSSR count). The van der Waals surface area contributed by atoms with E-state index in [2.05, 4.69) is 26.0 Å².